The SMILES string of the molecule is Cc1ccnc(N2CCN(c3ccc(NC(=O)C(=O)c4c(-c5ccccc5)cc5n4CCC5)cc3)CC2)c1. The van der Waals surface area contributed by atoms with Crippen molar-refractivity contribution >= 4 is 28.9 Å². The Bertz CT molecular complexity index is 1470. The minimum atomic E-state index is -0.609. The predicted molar refractivity (Wildman–Crippen MR) is 151 cm³/mol. The number of anilines is 3. The third-order valence-corrected chi connectivity index (χ3v) is 7.50. The maximum Gasteiger partial charge on any atom is 0.298 e. The number of rotatable bonds is 6. The summed E-state index contributed by atoms with van der Waals surface area (Å²) in [6.45, 7) is 6.42. The van der Waals surface area contributed by atoms with Crippen LogP contribution >= 0.6 is 0 Å². The van der Waals surface area contributed by atoms with Crippen molar-refractivity contribution in [2.45, 2.75) is 26.3 Å². The summed E-state index contributed by atoms with van der Waals surface area (Å²) in [4.78, 5) is 35.6. The molecule has 4 aromatic rings. The zero-order chi connectivity index (χ0) is 26.1. The number of carbonyl (C=O) groups excluding carboxylic acids is 2. The summed E-state index contributed by atoms with van der Waals surface area (Å²) >= 11 is 0. The number of nitrogens with zero attached hydrogens (tertiary/aromatic N) is 4. The predicted octanol–water partition coefficient (Wildman–Crippen LogP) is 4.95. The normalized spacial score (nSPS) is 14.9. The first-order chi connectivity index (χ1) is 18.6. The number of nitrogens with one attached hydrogen (secondary N) is 1. The van der Waals surface area contributed by atoms with E-state index in [4.69, 9.17) is 0 Å². The molecule has 2 aliphatic rings. The number of aromatic nitrogens is 2. The number of pyridine rings is 1. The standard InChI is InChI=1S/C31H31N5O2/c1-22-13-14-32-28(20-22)35-18-16-34(17-19-35)25-11-9-24(10-12-25)33-31(38)30(37)29-27(23-6-3-2-4-7-23)21-26-8-5-15-36(26)29/h2-4,6-7,9-14,20-21H,5,8,15-19H2,1H3,(H,33,38). The Balaban J connectivity index is 1.12. The highest BCUT2D eigenvalue weighted by atomic mass is 16.2. The zero-order valence-electron chi connectivity index (χ0n) is 21.6. The van der Waals surface area contributed by atoms with Crippen molar-refractivity contribution in [2.75, 3.05) is 41.3 Å². The van der Waals surface area contributed by atoms with Gasteiger partial charge in [0.2, 0.25) is 0 Å². The van der Waals surface area contributed by atoms with Gasteiger partial charge < -0.3 is 19.7 Å². The molecule has 0 radical (unpaired) electrons. The Labute approximate surface area is 222 Å². The number of amides is 1. The van der Waals surface area contributed by atoms with Gasteiger partial charge in [0.1, 0.15) is 11.5 Å². The Hall–Kier alpha value is -4.39. The first-order valence-corrected chi connectivity index (χ1v) is 13.2. The van der Waals surface area contributed by atoms with Gasteiger partial charge >= 0.3 is 0 Å². The molecule has 0 spiro atoms. The third kappa shape index (κ3) is 4.67. The number of hydrogen-bond donors (Lipinski definition) is 1. The second-order valence-electron chi connectivity index (χ2n) is 10.0. The van der Waals surface area contributed by atoms with Crippen molar-refractivity contribution in [1.29, 1.82) is 0 Å². The van der Waals surface area contributed by atoms with Crippen LogP contribution in [0.15, 0.2) is 79.0 Å². The molecule has 6 rings (SSSR count). The van der Waals surface area contributed by atoms with Crippen LogP contribution in [-0.4, -0.2) is 47.4 Å². The fraction of sp³-hybridized carbons (Fsp3) is 0.258. The monoisotopic (exact) mass is 505 g/mol. The van der Waals surface area contributed by atoms with Crippen LogP contribution in [0, 0.1) is 6.92 Å². The molecule has 0 saturated carbocycles. The molecular weight excluding hydrogens is 474 g/mol. The van der Waals surface area contributed by atoms with Crippen LogP contribution in [0.25, 0.3) is 11.1 Å². The first-order valence-electron chi connectivity index (χ1n) is 13.2. The number of Topliss-reactive ketones (excluding diaryl/α,β-unsaturated/α-hetero) is 1. The average molecular weight is 506 g/mol. The molecule has 192 valence electrons. The molecule has 0 bridgehead atoms. The molecule has 7 nitrogen and oxygen atoms in total. The first kappa shape index (κ1) is 24.0. The molecular formula is C31H31N5O2. The van der Waals surface area contributed by atoms with Crippen molar-refractivity contribution in [3.63, 3.8) is 0 Å². The zero-order valence-corrected chi connectivity index (χ0v) is 21.6. The van der Waals surface area contributed by atoms with E-state index in [0.717, 1.165) is 73.9 Å². The highest BCUT2D eigenvalue weighted by molar-refractivity contribution is 6.47. The van der Waals surface area contributed by atoms with E-state index in [2.05, 4.69) is 39.2 Å². The molecule has 0 unspecified atom stereocenters. The molecule has 4 heterocycles. The summed E-state index contributed by atoms with van der Waals surface area (Å²) in [6, 6.07) is 23.8. The fourth-order valence-corrected chi connectivity index (χ4v) is 5.50. The quantitative estimate of drug-likeness (QED) is 0.297. The Morgan fingerprint density at radius 2 is 1.58 bits per heavy atom. The van der Waals surface area contributed by atoms with Crippen LogP contribution < -0.4 is 15.1 Å². The molecule has 1 N–H and O–H groups in total. The van der Waals surface area contributed by atoms with Crippen molar-refractivity contribution in [3.05, 3.63) is 95.9 Å². The lowest BCUT2D eigenvalue weighted by Gasteiger charge is -2.36. The smallest absolute Gasteiger partial charge is 0.298 e. The summed E-state index contributed by atoms with van der Waals surface area (Å²) in [7, 11) is 0. The van der Waals surface area contributed by atoms with E-state index in [1.54, 1.807) is 0 Å². The number of aryl methyl sites for hydroxylation is 2. The molecule has 1 saturated heterocycles. The summed E-state index contributed by atoms with van der Waals surface area (Å²) in [5.74, 6) is -0.0830. The van der Waals surface area contributed by atoms with Gasteiger partial charge in [0, 0.05) is 61.6 Å². The van der Waals surface area contributed by atoms with Crippen molar-refractivity contribution in [1.82, 2.24) is 9.55 Å². The largest absolute Gasteiger partial charge is 0.368 e. The average Bonchev–Trinajstić information content (AvgIpc) is 3.55. The second kappa shape index (κ2) is 10.2. The van der Waals surface area contributed by atoms with Gasteiger partial charge in [-0.15, -0.1) is 0 Å². The molecule has 1 amide bonds. The van der Waals surface area contributed by atoms with Crippen LogP contribution in [0.2, 0.25) is 0 Å². The van der Waals surface area contributed by atoms with E-state index < -0.39 is 11.7 Å². The van der Waals surface area contributed by atoms with Crippen LogP contribution in [0.5, 0.6) is 0 Å². The van der Waals surface area contributed by atoms with E-state index in [1.807, 2.05) is 71.4 Å². The minimum Gasteiger partial charge on any atom is -0.368 e. The Morgan fingerprint density at radius 3 is 2.32 bits per heavy atom. The summed E-state index contributed by atoms with van der Waals surface area (Å²) < 4.78 is 2.01. The van der Waals surface area contributed by atoms with Crippen molar-refractivity contribution < 1.29 is 9.59 Å². The summed E-state index contributed by atoms with van der Waals surface area (Å²) in [5, 5.41) is 2.83. The maximum atomic E-state index is 13.4. The molecule has 0 aliphatic carbocycles. The van der Waals surface area contributed by atoms with Crippen LogP contribution in [0.3, 0.4) is 0 Å². The van der Waals surface area contributed by atoms with Gasteiger partial charge in [-0.05, 0) is 73.4 Å². The second-order valence-corrected chi connectivity index (χ2v) is 10.0. The van der Waals surface area contributed by atoms with E-state index in [1.165, 1.54) is 5.56 Å². The highest BCUT2D eigenvalue weighted by Gasteiger charge is 2.29. The lowest BCUT2D eigenvalue weighted by atomic mass is 10.0. The number of hydrogen-bond acceptors (Lipinski definition) is 5. The van der Waals surface area contributed by atoms with E-state index in [9.17, 15) is 9.59 Å². The topological polar surface area (TPSA) is 70.5 Å². The van der Waals surface area contributed by atoms with E-state index >= 15 is 0 Å². The van der Waals surface area contributed by atoms with Crippen LogP contribution in [0.1, 0.15) is 28.2 Å². The molecule has 2 aromatic heterocycles. The molecule has 7 heteroatoms. The van der Waals surface area contributed by atoms with E-state index in [0.29, 0.717) is 11.4 Å². The number of fused-ring (bicyclic) bond motifs is 1. The van der Waals surface area contributed by atoms with Gasteiger partial charge in [0.05, 0.1) is 0 Å². The highest BCUT2D eigenvalue weighted by Crippen LogP contribution is 2.32. The molecule has 0 atom stereocenters. The lowest BCUT2D eigenvalue weighted by Crippen LogP contribution is -2.46. The summed E-state index contributed by atoms with van der Waals surface area (Å²) in [6.07, 6.45) is 3.77. The Kier molecular flexibility index (Phi) is 6.42. The van der Waals surface area contributed by atoms with Gasteiger partial charge in [-0.1, -0.05) is 30.3 Å². The minimum absolute atomic E-state index is 0.485. The lowest BCUT2D eigenvalue weighted by molar-refractivity contribution is -0.112. The maximum absolute atomic E-state index is 13.4. The van der Waals surface area contributed by atoms with Gasteiger partial charge in [-0.2, -0.15) is 0 Å². The number of carbonyl (C=O) groups is 2. The van der Waals surface area contributed by atoms with Crippen LogP contribution in [0.4, 0.5) is 17.2 Å². The fourth-order valence-electron chi connectivity index (χ4n) is 5.50. The van der Waals surface area contributed by atoms with Gasteiger partial charge in [-0.3, -0.25) is 9.59 Å². The Morgan fingerprint density at radius 1 is 0.842 bits per heavy atom. The number of ketones is 1. The third-order valence-electron chi connectivity index (χ3n) is 7.50. The van der Waals surface area contributed by atoms with Gasteiger partial charge in [0.15, 0.2) is 0 Å². The van der Waals surface area contributed by atoms with Gasteiger partial charge in [-0.25, -0.2) is 4.98 Å². The van der Waals surface area contributed by atoms with Crippen molar-refractivity contribution in [3.8, 4) is 11.1 Å². The molecule has 38 heavy (non-hydrogen) atoms. The number of benzene rings is 2. The summed E-state index contributed by atoms with van der Waals surface area (Å²) in [5.41, 5.74) is 6.31. The van der Waals surface area contributed by atoms with Crippen molar-refractivity contribution in [2.24, 2.45) is 0 Å². The van der Waals surface area contributed by atoms with Crippen LogP contribution in [-0.2, 0) is 17.8 Å². The number of piperazine rings is 1. The molecule has 1 fully saturated rings. The molecule has 2 aromatic carbocycles. The molecule has 2 aliphatic heterocycles. The van der Waals surface area contributed by atoms with Gasteiger partial charge in [0.25, 0.3) is 11.7 Å². The van der Waals surface area contributed by atoms with E-state index in [-0.39, 0.29) is 0 Å².